The Kier molecular flexibility index (Phi) is 8.12. The smallest absolute Gasteiger partial charge is 0.0499 e. The fraction of sp³-hybridized carbons (Fsp3) is 0.132. The normalized spacial score (nSPS) is 13.1. The molecule has 0 N–H and O–H groups in total. The van der Waals surface area contributed by atoms with Gasteiger partial charge in [0.1, 0.15) is 0 Å². The van der Waals surface area contributed by atoms with E-state index in [1.807, 2.05) is 0 Å². The maximum Gasteiger partial charge on any atom is 0.0499 e. The highest BCUT2D eigenvalue weighted by molar-refractivity contribution is 5.94. The van der Waals surface area contributed by atoms with E-state index in [1.54, 1.807) is 0 Å². The molecule has 1 heteroatoms. The number of nitrogens with zero attached hydrogens (tertiary/aromatic N) is 1. The van der Waals surface area contributed by atoms with Gasteiger partial charge in [0.2, 0.25) is 0 Å². The summed E-state index contributed by atoms with van der Waals surface area (Å²) < 4.78 is 0. The molecule has 1 nitrogen and oxygen atoms in total. The molecular formula is C53H45N. The van der Waals surface area contributed by atoms with E-state index in [2.05, 4.69) is 222 Å². The quantitative estimate of drug-likeness (QED) is 0.167. The van der Waals surface area contributed by atoms with Crippen molar-refractivity contribution in [2.24, 2.45) is 0 Å². The van der Waals surface area contributed by atoms with Crippen LogP contribution in [-0.2, 0) is 10.8 Å². The van der Waals surface area contributed by atoms with Crippen LogP contribution in [0.25, 0.3) is 55.3 Å². The first-order valence-corrected chi connectivity index (χ1v) is 19.1. The minimum atomic E-state index is -0.104. The van der Waals surface area contributed by atoms with Crippen LogP contribution in [-0.4, -0.2) is 0 Å². The first-order chi connectivity index (χ1) is 26.1. The zero-order valence-electron chi connectivity index (χ0n) is 31.8. The number of benzene rings is 8. The Labute approximate surface area is 320 Å². The lowest BCUT2D eigenvalue weighted by molar-refractivity contribution is 0.591. The third kappa shape index (κ3) is 5.91. The summed E-state index contributed by atoms with van der Waals surface area (Å²) in [6.45, 7) is 11.7. The summed E-state index contributed by atoms with van der Waals surface area (Å²) in [7, 11) is 0. The van der Waals surface area contributed by atoms with Gasteiger partial charge in [-0.1, -0.05) is 168 Å². The Balaban J connectivity index is 1.18. The van der Waals surface area contributed by atoms with Gasteiger partial charge in [0.05, 0.1) is 0 Å². The molecule has 8 aromatic rings. The summed E-state index contributed by atoms with van der Waals surface area (Å²) in [5, 5.41) is 2.45. The van der Waals surface area contributed by atoms with Gasteiger partial charge in [-0.05, 0) is 126 Å². The zero-order chi connectivity index (χ0) is 37.0. The number of fused-ring (bicyclic) bond motifs is 4. The molecule has 0 amide bonds. The average molecular weight is 696 g/mol. The Morgan fingerprint density at radius 3 is 1.63 bits per heavy atom. The van der Waals surface area contributed by atoms with Crippen LogP contribution < -0.4 is 4.90 Å². The molecule has 0 unspecified atom stereocenters. The van der Waals surface area contributed by atoms with E-state index in [0.717, 1.165) is 11.4 Å². The largest absolute Gasteiger partial charge is 0.310 e. The molecule has 1 aliphatic rings. The van der Waals surface area contributed by atoms with Gasteiger partial charge in [0.15, 0.2) is 0 Å². The van der Waals surface area contributed by atoms with E-state index in [0.29, 0.717) is 0 Å². The van der Waals surface area contributed by atoms with Crippen molar-refractivity contribution in [2.45, 2.75) is 45.4 Å². The predicted molar refractivity (Wildman–Crippen MR) is 231 cm³/mol. The molecular weight excluding hydrogens is 651 g/mol. The van der Waals surface area contributed by atoms with Crippen LogP contribution in [0.15, 0.2) is 182 Å². The topological polar surface area (TPSA) is 3.24 Å². The highest BCUT2D eigenvalue weighted by Crippen LogP contribution is 2.50. The first kappa shape index (κ1) is 33.6. The van der Waals surface area contributed by atoms with E-state index in [-0.39, 0.29) is 10.8 Å². The minimum absolute atomic E-state index is 0.0384. The van der Waals surface area contributed by atoms with Crippen LogP contribution in [0.1, 0.15) is 51.3 Å². The monoisotopic (exact) mass is 695 g/mol. The summed E-state index contributed by atoms with van der Waals surface area (Å²) in [6.07, 6.45) is 0. The van der Waals surface area contributed by atoms with Gasteiger partial charge in [-0.2, -0.15) is 0 Å². The molecule has 0 bridgehead atoms. The van der Waals surface area contributed by atoms with Gasteiger partial charge in [-0.3, -0.25) is 0 Å². The third-order valence-corrected chi connectivity index (χ3v) is 11.4. The first-order valence-electron chi connectivity index (χ1n) is 19.1. The summed E-state index contributed by atoms with van der Waals surface area (Å²) in [4.78, 5) is 2.45. The summed E-state index contributed by atoms with van der Waals surface area (Å²) >= 11 is 0. The second-order valence-electron chi connectivity index (χ2n) is 16.3. The molecule has 0 aliphatic heterocycles. The lowest BCUT2D eigenvalue weighted by Crippen LogP contribution is -2.19. The van der Waals surface area contributed by atoms with Crippen LogP contribution in [0.2, 0.25) is 0 Å². The van der Waals surface area contributed by atoms with Gasteiger partial charge < -0.3 is 4.90 Å². The fourth-order valence-electron chi connectivity index (χ4n) is 8.44. The predicted octanol–water partition coefficient (Wildman–Crippen LogP) is 14.9. The highest BCUT2D eigenvalue weighted by atomic mass is 15.1. The lowest BCUT2D eigenvalue weighted by atomic mass is 9.81. The molecule has 0 spiro atoms. The van der Waals surface area contributed by atoms with Crippen LogP contribution in [0.4, 0.5) is 17.1 Å². The number of hydrogen-bond acceptors (Lipinski definition) is 1. The molecule has 9 rings (SSSR count). The molecule has 54 heavy (non-hydrogen) atoms. The Morgan fingerprint density at radius 2 is 0.907 bits per heavy atom. The van der Waals surface area contributed by atoms with E-state index < -0.39 is 0 Å². The molecule has 1 aliphatic carbocycles. The SMILES string of the molecule is CC(C)(C)c1cc(-c2ccccc2)ccc1N(c1ccc(-c2ccccc2)cc1)c1ccc2ccc(-c3ccc4c(c3)C(C)(C)c3ccccc3-4)cc2c1. The molecule has 0 fully saturated rings. The standard InChI is InChI=1S/C53H45N/c1-52(2,3)50-35-41(37-16-10-7-11-17-37)26-31-51(50)54(44-27-22-38(23-28-44)36-14-8-6-9-15-36)45-29-24-39-20-21-40(32-43(39)33-45)42-25-30-47-46-18-12-13-19-48(46)53(4,5)49(47)34-42/h6-35H,1-5H3. The summed E-state index contributed by atoms with van der Waals surface area (Å²) in [6, 6.07) is 67.1. The van der Waals surface area contributed by atoms with Crippen molar-refractivity contribution in [1.29, 1.82) is 0 Å². The summed E-state index contributed by atoms with van der Waals surface area (Å²) in [5.74, 6) is 0. The maximum atomic E-state index is 2.45. The molecule has 0 saturated heterocycles. The highest BCUT2D eigenvalue weighted by Gasteiger charge is 2.35. The van der Waals surface area contributed by atoms with Crippen LogP contribution >= 0.6 is 0 Å². The molecule has 0 saturated carbocycles. The molecule has 0 aromatic heterocycles. The maximum absolute atomic E-state index is 2.45. The van der Waals surface area contributed by atoms with Gasteiger partial charge >= 0.3 is 0 Å². The summed E-state index contributed by atoms with van der Waals surface area (Å²) in [5.41, 5.74) is 17.5. The Hall–Kier alpha value is -6.18. The van der Waals surface area contributed by atoms with Crippen molar-refractivity contribution < 1.29 is 0 Å². The van der Waals surface area contributed by atoms with E-state index in [4.69, 9.17) is 0 Å². The van der Waals surface area contributed by atoms with E-state index in [9.17, 15) is 0 Å². The Morgan fingerprint density at radius 1 is 0.389 bits per heavy atom. The second kappa shape index (κ2) is 13.0. The minimum Gasteiger partial charge on any atom is -0.310 e. The fourth-order valence-corrected chi connectivity index (χ4v) is 8.44. The zero-order valence-corrected chi connectivity index (χ0v) is 31.8. The van der Waals surface area contributed by atoms with Crippen LogP contribution in [0, 0.1) is 0 Å². The molecule has 262 valence electrons. The molecule has 8 aromatic carbocycles. The van der Waals surface area contributed by atoms with Crippen molar-refractivity contribution in [3.05, 3.63) is 199 Å². The number of rotatable bonds is 6. The van der Waals surface area contributed by atoms with Crippen molar-refractivity contribution >= 4 is 27.8 Å². The van der Waals surface area contributed by atoms with Gasteiger partial charge in [-0.25, -0.2) is 0 Å². The second-order valence-corrected chi connectivity index (χ2v) is 16.3. The van der Waals surface area contributed by atoms with Crippen LogP contribution in [0.5, 0.6) is 0 Å². The van der Waals surface area contributed by atoms with Crippen molar-refractivity contribution in [3.63, 3.8) is 0 Å². The van der Waals surface area contributed by atoms with Crippen LogP contribution in [0.3, 0.4) is 0 Å². The van der Waals surface area contributed by atoms with Crippen molar-refractivity contribution in [2.75, 3.05) is 4.90 Å². The van der Waals surface area contributed by atoms with E-state index >= 15 is 0 Å². The molecule has 0 heterocycles. The van der Waals surface area contributed by atoms with Gasteiger partial charge in [-0.15, -0.1) is 0 Å². The van der Waals surface area contributed by atoms with Crippen molar-refractivity contribution in [3.8, 4) is 44.5 Å². The Bertz CT molecular complexity index is 2640. The van der Waals surface area contributed by atoms with Gasteiger partial charge in [0.25, 0.3) is 0 Å². The third-order valence-electron chi connectivity index (χ3n) is 11.4. The number of anilines is 3. The molecule has 0 atom stereocenters. The average Bonchev–Trinajstić information content (AvgIpc) is 3.43. The van der Waals surface area contributed by atoms with E-state index in [1.165, 1.54) is 77.7 Å². The van der Waals surface area contributed by atoms with Crippen molar-refractivity contribution in [1.82, 2.24) is 0 Å². The number of hydrogen-bond donors (Lipinski definition) is 0. The van der Waals surface area contributed by atoms with Gasteiger partial charge in [0, 0.05) is 22.5 Å². The molecule has 0 radical (unpaired) electrons. The lowest BCUT2D eigenvalue weighted by Gasteiger charge is -2.33.